The number of nitro groups is 1. The standard InChI is InChI=1S/C12H17BrN2O2/c1-3-9(4-2)8-14-11-6-5-10(13)7-12(11)15(16)17/h5-7,9,14H,3-4,8H2,1-2H3. The van der Waals surface area contributed by atoms with E-state index in [-0.39, 0.29) is 10.6 Å². The maximum atomic E-state index is 10.9. The largest absolute Gasteiger partial charge is 0.379 e. The SMILES string of the molecule is CCC(CC)CNc1ccc(Br)cc1[N+](=O)[O-]. The Kier molecular flexibility index (Phi) is 5.41. The van der Waals surface area contributed by atoms with Crippen molar-refractivity contribution in [1.82, 2.24) is 0 Å². The van der Waals surface area contributed by atoms with Gasteiger partial charge < -0.3 is 5.32 Å². The van der Waals surface area contributed by atoms with Gasteiger partial charge in [0.15, 0.2) is 0 Å². The number of benzene rings is 1. The van der Waals surface area contributed by atoms with Crippen molar-refractivity contribution in [3.63, 3.8) is 0 Å². The van der Waals surface area contributed by atoms with Crippen molar-refractivity contribution in [3.05, 3.63) is 32.8 Å². The molecule has 0 aliphatic heterocycles. The van der Waals surface area contributed by atoms with Crippen LogP contribution in [0.25, 0.3) is 0 Å². The number of hydrogen-bond donors (Lipinski definition) is 1. The highest BCUT2D eigenvalue weighted by Gasteiger charge is 2.14. The topological polar surface area (TPSA) is 55.2 Å². The molecule has 0 spiro atoms. The quantitative estimate of drug-likeness (QED) is 0.632. The molecule has 5 heteroatoms. The van der Waals surface area contributed by atoms with Crippen LogP contribution in [0.15, 0.2) is 22.7 Å². The molecule has 0 atom stereocenters. The predicted molar refractivity (Wildman–Crippen MR) is 73.4 cm³/mol. The van der Waals surface area contributed by atoms with E-state index < -0.39 is 0 Å². The summed E-state index contributed by atoms with van der Waals surface area (Å²) in [4.78, 5) is 10.5. The minimum Gasteiger partial charge on any atom is -0.379 e. The van der Waals surface area contributed by atoms with Crippen molar-refractivity contribution in [2.45, 2.75) is 26.7 Å². The third-order valence-corrected chi connectivity index (χ3v) is 3.39. The minimum absolute atomic E-state index is 0.116. The number of rotatable bonds is 6. The third kappa shape index (κ3) is 4.00. The van der Waals surface area contributed by atoms with Crippen LogP contribution in [0.2, 0.25) is 0 Å². The monoisotopic (exact) mass is 300 g/mol. The van der Waals surface area contributed by atoms with Crippen LogP contribution < -0.4 is 5.32 Å². The Hall–Kier alpha value is -1.10. The second-order valence-electron chi connectivity index (χ2n) is 3.98. The van der Waals surface area contributed by atoms with Crippen LogP contribution in [0.3, 0.4) is 0 Å². The predicted octanol–water partition coefficient (Wildman–Crippen LogP) is 4.21. The van der Waals surface area contributed by atoms with Gasteiger partial charge in [-0.25, -0.2) is 0 Å². The molecule has 1 rings (SSSR count). The first-order chi connectivity index (χ1) is 8.08. The lowest BCUT2D eigenvalue weighted by Crippen LogP contribution is -2.13. The normalized spacial score (nSPS) is 10.6. The van der Waals surface area contributed by atoms with Crippen LogP contribution in [0, 0.1) is 16.0 Å². The van der Waals surface area contributed by atoms with Crippen LogP contribution in [0.1, 0.15) is 26.7 Å². The van der Waals surface area contributed by atoms with Crippen molar-refractivity contribution >= 4 is 27.3 Å². The van der Waals surface area contributed by atoms with Gasteiger partial charge in [0.1, 0.15) is 5.69 Å². The van der Waals surface area contributed by atoms with E-state index >= 15 is 0 Å². The Balaban J connectivity index is 2.80. The molecule has 0 aromatic heterocycles. The van der Waals surface area contributed by atoms with Gasteiger partial charge in [-0.2, -0.15) is 0 Å². The van der Waals surface area contributed by atoms with Crippen molar-refractivity contribution < 1.29 is 4.92 Å². The zero-order valence-electron chi connectivity index (χ0n) is 10.1. The Morgan fingerprint density at radius 3 is 2.59 bits per heavy atom. The molecule has 0 saturated carbocycles. The fraction of sp³-hybridized carbons (Fsp3) is 0.500. The first-order valence-electron chi connectivity index (χ1n) is 5.76. The molecule has 0 amide bonds. The summed E-state index contributed by atoms with van der Waals surface area (Å²) < 4.78 is 0.720. The van der Waals surface area contributed by atoms with E-state index in [1.165, 1.54) is 6.07 Å². The second kappa shape index (κ2) is 6.59. The lowest BCUT2D eigenvalue weighted by atomic mass is 10.0. The van der Waals surface area contributed by atoms with Crippen LogP contribution in [0.4, 0.5) is 11.4 Å². The first-order valence-corrected chi connectivity index (χ1v) is 6.55. The number of halogens is 1. The van der Waals surface area contributed by atoms with Gasteiger partial charge in [0.2, 0.25) is 0 Å². The van der Waals surface area contributed by atoms with E-state index in [1.807, 2.05) is 6.07 Å². The molecule has 0 heterocycles. The summed E-state index contributed by atoms with van der Waals surface area (Å²) in [6, 6.07) is 5.07. The molecule has 0 bridgehead atoms. The van der Waals surface area contributed by atoms with Gasteiger partial charge in [0.05, 0.1) is 4.92 Å². The first kappa shape index (κ1) is 14.0. The fourth-order valence-corrected chi connectivity index (χ4v) is 1.99. The highest BCUT2D eigenvalue weighted by molar-refractivity contribution is 9.10. The summed E-state index contributed by atoms with van der Waals surface area (Å²) >= 11 is 3.24. The van der Waals surface area contributed by atoms with Gasteiger partial charge in [0.25, 0.3) is 5.69 Å². The second-order valence-corrected chi connectivity index (χ2v) is 4.90. The van der Waals surface area contributed by atoms with Crippen LogP contribution in [-0.4, -0.2) is 11.5 Å². The molecule has 1 aromatic rings. The Bertz CT molecular complexity index is 392. The van der Waals surface area contributed by atoms with Gasteiger partial charge >= 0.3 is 0 Å². The molecular formula is C12H17BrN2O2. The lowest BCUT2D eigenvalue weighted by molar-refractivity contribution is -0.384. The Morgan fingerprint density at radius 2 is 2.06 bits per heavy atom. The van der Waals surface area contributed by atoms with Crippen LogP contribution >= 0.6 is 15.9 Å². The zero-order chi connectivity index (χ0) is 12.8. The summed E-state index contributed by atoms with van der Waals surface area (Å²) in [5.41, 5.74) is 0.704. The fourth-order valence-electron chi connectivity index (χ4n) is 1.64. The molecule has 0 aliphatic rings. The maximum absolute atomic E-state index is 10.9. The van der Waals surface area contributed by atoms with Crippen molar-refractivity contribution in [2.24, 2.45) is 5.92 Å². The molecule has 4 nitrogen and oxygen atoms in total. The maximum Gasteiger partial charge on any atom is 0.293 e. The highest BCUT2D eigenvalue weighted by atomic mass is 79.9. The number of nitrogens with zero attached hydrogens (tertiary/aromatic N) is 1. The van der Waals surface area contributed by atoms with Gasteiger partial charge in [-0.15, -0.1) is 0 Å². The number of nitrogens with one attached hydrogen (secondary N) is 1. The molecule has 0 radical (unpaired) electrons. The van der Waals surface area contributed by atoms with Crippen LogP contribution in [0.5, 0.6) is 0 Å². The highest BCUT2D eigenvalue weighted by Crippen LogP contribution is 2.28. The van der Waals surface area contributed by atoms with Crippen molar-refractivity contribution in [2.75, 3.05) is 11.9 Å². The molecule has 0 fully saturated rings. The Morgan fingerprint density at radius 1 is 1.41 bits per heavy atom. The Labute approximate surface area is 110 Å². The van der Waals surface area contributed by atoms with E-state index in [2.05, 4.69) is 35.1 Å². The summed E-state index contributed by atoms with van der Waals surface area (Å²) in [5.74, 6) is 0.554. The molecule has 0 unspecified atom stereocenters. The van der Waals surface area contributed by atoms with Gasteiger partial charge in [0, 0.05) is 17.1 Å². The minimum atomic E-state index is -0.361. The molecule has 0 saturated heterocycles. The van der Waals surface area contributed by atoms with Crippen molar-refractivity contribution in [1.29, 1.82) is 0 Å². The zero-order valence-corrected chi connectivity index (χ0v) is 11.7. The van der Waals surface area contributed by atoms with E-state index in [0.717, 1.165) is 23.9 Å². The average Bonchev–Trinajstić information content (AvgIpc) is 2.31. The third-order valence-electron chi connectivity index (χ3n) is 2.89. The summed E-state index contributed by atoms with van der Waals surface area (Å²) in [6.07, 6.45) is 2.15. The molecule has 0 aliphatic carbocycles. The van der Waals surface area contributed by atoms with E-state index in [4.69, 9.17) is 0 Å². The van der Waals surface area contributed by atoms with E-state index in [9.17, 15) is 10.1 Å². The molecule has 1 aromatic carbocycles. The van der Waals surface area contributed by atoms with Gasteiger partial charge in [-0.1, -0.05) is 42.6 Å². The molecular weight excluding hydrogens is 284 g/mol. The van der Waals surface area contributed by atoms with E-state index in [0.29, 0.717) is 11.6 Å². The summed E-state index contributed by atoms with van der Waals surface area (Å²) in [7, 11) is 0. The van der Waals surface area contributed by atoms with Crippen LogP contribution in [-0.2, 0) is 0 Å². The molecule has 17 heavy (non-hydrogen) atoms. The number of nitro benzene ring substituents is 1. The summed E-state index contributed by atoms with van der Waals surface area (Å²) in [5, 5.41) is 14.1. The van der Waals surface area contributed by atoms with Gasteiger partial charge in [-0.05, 0) is 18.1 Å². The summed E-state index contributed by atoms with van der Waals surface area (Å²) in [6.45, 7) is 5.03. The number of hydrogen-bond acceptors (Lipinski definition) is 3. The van der Waals surface area contributed by atoms with E-state index in [1.54, 1.807) is 6.07 Å². The molecule has 1 N–H and O–H groups in total. The van der Waals surface area contributed by atoms with Gasteiger partial charge in [-0.3, -0.25) is 10.1 Å². The molecule has 94 valence electrons. The average molecular weight is 301 g/mol. The smallest absolute Gasteiger partial charge is 0.293 e. The van der Waals surface area contributed by atoms with Crippen molar-refractivity contribution in [3.8, 4) is 0 Å². The number of anilines is 1. The lowest BCUT2D eigenvalue weighted by Gasteiger charge is -2.14.